The van der Waals surface area contributed by atoms with Crippen LogP contribution in [0.4, 0.5) is 0 Å². The molecule has 2 aromatic rings. The van der Waals surface area contributed by atoms with Crippen molar-refractivity contribution in [3.8, 4) is 10.4 Å². The molecule has 1 heterocycles. The van der Waals surface area contributed by atoms with E-state index in [9.17, 15) is 4.79 Å². The fourth-order valence-corrected chi connectivity index (χ4v) is 2.98. The molecule has 82 valence electrons. The van der Waals surface area contributed by atoms with Crippen LogP contribution in [0.5, 0.6) is 0 Å². The Balaban J connectivity index is 2.57. The van der Waals surface area contributed by atoms with E-state index < -0.39 is 0 Å². The average Bonchev–Trinajstić information content (AvgIpc) is 2.60. The number of hydrogen-bond donors (Lipinski definition) is 0. The van der Waals surface area contributed by atoms with Gasteiger partial charge in [0.1, 0.15) is 0 Å². The van der Waals surface area contributed by atoms with Gasteiger partial charge in [-0.25, -0.2) is 0 Å². The third-order valence-electron chi connectivity index (χ3n) is 2.68. The Bertz CT molecular complexity index is 538. The summed E-state index contributed by atoms with van der Waals surface area (Å²) in [4.78, 5) is 12.8. The first kappa shape index (κ1) is 11.1. The minimum atomic E-state index is 0.799. The Hall–Kier alpha value is -1.41. The standard InChI is InChI=1S/C14H14OS/c1-9-4-5-13(10(2)6-9)14-11(3)7-12(8-15)16-14/h4-8H,1-3H3. The maximum Gasteiger partial charge on any atom is 0.160 e. The van der Waals surface area contributed by atoms with Crippen LogP contribution in [0.3, 0.4) is 0 Å². The van der Waals surface area contributed by atoms with E-state index in [1.54, 1.807) is 11.3 Å². The topological polar surface area (TPSA) is 17.1 Å². The van der Waals surface area contributed by atoms with Crippen LogP contribution >= 0.6 is 11.3 Å². The lowest BCUT2D eigenvalue weighted by Crippen LogP contribution is -1.83. The van der Waals surface area contributed by atoms with Gasteiger partial charge in [0.2, 0.25) is 0 Å². The molecule has 0 amide bonds. The Morgan fingerprint density at radius 1 is 1.06 bits per heavy atom. The van der Waals surface area contributed by atoms with Crippen LogP contribution in [-0.2, 0) is 0 Å². The zero-order valence-corrected chi connectivity index (χ0v) is 10.5. The molecule has 1 aromatic carbocycles. The molecule has 0 atom stereocenters. The van der Waals surface area contributed by atoms with Crippen molar-refractivity contribution in [1.82, 2.24) is 0 Å². The molecular formula is C14H14OS. The van der Waals surface area contributed by atoms with Gasteiger partial charge >= 0.3 is 0 Å². The van der Waals surface area contributed by atoms with Gasteiger partial charge in [0.25, 0.3) is 0 Å². The fourth-order valence-electron chi connectivity index (χ4n) is 1.90. The van der Waals surface area contributed by atoms with Crippen molar-refractivity contribution in [1.29, 1.82) is 0 Å². The van der Waals surface area contributed by atoms with Crippen LogP contribution < -0.4 is 0 Å². The number of rotatable bonds is 2. The predicted molar refractivity (Wildman–Crippen MR) is 69.4 cm³/mol. The molecule has 2 rings (SSSR count). The van der Waals surface area contributed by atoms with Gasteiger partial charge in [-0.05, 0) is 43.5 Å². The van der Waals surface area contributed by atoms with Gasteiger partial charge in [0.15, 0.2) is 6.29 Å². The lowest BCUT2D eigenvalue weighted by molar-refractivity contribution is 0.112. The molecule has 1 aromatic heterocycles. The monoisotopic (exact) mass is 230 g/mol. The minimum Gasteiger partial charge on any atom is -0.297 e. The van der Waals surface area contributed by atoms with Crippen molar-refractivity contribution in [2.24, 2.45) is 0 Å². The molecule has 0 N–H and O–H groups in total. The second kappa shape index (κ2) is 4.22. The van der Waals surface area contributed by atoms with Crippen LogP contribution in [0.2, 0.25) is 0 Å². The second-order valence-electron chi connectivity index (χ2n) is 4.10. The van der Waals surface area contributed by atoms with Crippen molar-refractivity contribution < 1.29 is 4.79 Å². The zero-order chi connectivity index (χ0) is 11.7. The van der Waals surface area contributed by atoms with E-state index in [1.165, 1.54) is 27.1 Å². The van der Waals surface area contributed by atoms with Crippen LogP contribution in [0.15, 0.2) is 24.3 Å². The predicted octanol–water partition coefficient (Wildman–Crippen LogP) is 4.15. The minimum absolute atomic E-state index is 0.799. The van der Waals surface area contributed by atoms with Crippen molar-refractivity contribution >= 4 is 17.6 Å². The maximum atomic E-state index is 10.8. The van der Waals surface area contributed by atoms with Crippen molar-refractivity contribution in [3.63, 3.8) is 0 Å². The number of aldehydes is 1. The first-order valence-electron chi connectivity index (χ1n) is 5.25. The Morgan fingerprint density at radius 2 is 1.81 bits per heavy atom. The molecule has 0 spiro atoms. The molecule has 0 unspecified atom stereocenters. The molecule has 0 aliphatic carbocycles. The van der Waals surface area contributed by atoms with E-state index in [2.05, 4.69) is 39.0 Å². The molecule has 0 saturated heterocycles. The molecular weight excluding hydrogens is 216 g/mol. The smallest absolute Gasteiger partial charge is 0.160 e. The lowest BCUT2D eigenvalue weighted by atomic mass is 10.0. The lowest BCUT2D eigenvalue weighted by Gasteiger charge is -2.05. The molecule has 0 bridgehead atoms. The highest BCUT2D eigenvalue weighted by Gasteiger charge is 2.09. The van der Waals surface area contributed by atoms with E-state index in [1.807, 2.05) is 6.07 Å². The number of carbonyl (C=O) groups is 1. The van der Waals surface area contributed by atoms with Crippen molar-refractivity contribution in [2.45, 2.75) is 20.8 Å². The number of thiophene rings is 1. The number of aryl methyl sites for hydroxylation is 3. The quantitative estimate of drug-likeness (QED) is 0.708. The van der Waals surface area contributed by atoms with Crippen LogP contribution in [0.25, 0.3) is 10.4 Å². The third kappa shape index (κ3) is 1.93. The van der Waals surface area contributed by atoms with Crippen LogP contribution in [-0.4, -0.2) is 6.29 Å². The number of benzene rings is 1. The second-order valence-corrected chi connectivity index (χ2v) is 5.18. The largest absolute Gasteiger partial charge is 0.297 e. The summed E-state index contributed by atoms with van der Waals surface area (Å²) in [6, 6.07) is 8.38. The summed E-state index contributed by atoms with van der Waals surface area (Å²) in [6.07, 6.45) is 0.921. The summed E-state index contributed by atoms with van der Waals surface area (Å²) >= 11 is 1.56. The summed E-state index contributed by atoms with van der Waals surface area (Å²) in [5.41, 5.74) is 4.95. The highest BCUT2D eigenvalue weighted by atomic mass is 32.1. The molecule has 0 saturated carbocycles. The molecule has 0 aliphatic rings. The summed E-state index contributed by atoms with van der Waals surface area (Å²) in [5, 5.41) is 0. The summed E-state index contributed by atoms with van der Waals surface area (Å²) in [6.45, 7) is 6.26. The average molecular weight is 230 g/mol. The maximum absolute atomic E-state index is 10.8. The van der Waals surface area contributed by atoms with E-state index in [4.69, 9.17) is 0 Å². The third-order valence-corrected chi connectivity index (χ3v) is 3.88. The Labute approximate surface area is 99.8 Å². The summed E-state index contributed by atoms with van der Waals surface area (Å²) in [7, 11) is 0. The molecule has 16 heavy (non-hydrogen) atoms. The Morgan fingerprint density at radius 3 is 2.38 bits per heavy atom. The van der Waals surface area contributed by atoms with Gasteiger partial charge in [0, 0.05) is 4.88 Å². The normalized spacial score (nSPS) is 10.4. The van der Waals surface area contributed by atoms with E-state index >= 15 is 0 Å². The summed E-state index contributed by atoms with van der Waals surface area (Å²) in [5.74, 6) is 0. The number of hydrogen-bond acceptors (Lipinski definition) is 2. The fraction of sp³-hybridized carbons (Fsp3) is 0.214. The van der Waals surface area contributed by atoms with Crippen molar-refractivity contribution in [3.05, 3.63) is 45.8 Å². The molecule has 0 radical (unpaired) electrons. The van der Waals surface area contributed by atoms with Gasteiger partial charge in [-0.1, -0.05) is 23.8 Å². The number of carbonyl (C=O) groups excluding carboxylic acids is 1. The summed E-state index contributed by atoms with van der Waals surface area (Å²) < 4.78 is 0. The van der Waals surface area contributed by atoms with Crippen LogP contribution in [0, 0.1) is 20.8 Å². The van der Waals surface area contributed by atoms with Gasteiger partial charge in [-0.3, -0.25) is 4.79 Å². The first-order chi connectivity index (χ1) is 7.61. The van der Waals surface area contributed by atoms with Crippen molar-refractivity contribution in [2.75, 3.05) is 0 Å². The molecule has 0 aliphatic heterocycles. The van der Waals surface area contributed by atoms with Crippen LogP contribution in [0.1, 0.15) is 26.4 Å². The van der Waals surface area contributed by atoms with E-state index in [-0.39, 0.29) is 0 Å². The van der Waals surface area contributed by atoms with Gasteiger partial charge in [-0.15, -0.1) is 11.3 Å². The highest BCUT2D eigenvalue weighted by molar-refractivity contribution is 7.17. The van der Waals surface area contributed by atoms with E-state index in [0.29, 0.717) is 0 Å². The zero-order valence-electron chi connectivity index (χ0n) is 9.70. The van der Waals surface area contributed by atoms with E-state index in [0.717, 1.165) is 11.2 Å². The molecule has 1 nitrogen and oxygen atoms in total. The van der Waals surface area contributed by atoms with Gasteiger partial charge in [0.05, 0.1) is 4.88 Å². The SMILES string of the molecule is Cc1ccc(-c2sc(C=O)cc2C)c(C)c1. The molecule has 0 fully saturated rings. The van der Waals surface area contributed by atoms with Gasteiger partial charge < -0.3 is 0 Å². The van der Waals surface area contributed by atoms with Gasteiger partial charge in [-0.2, -0.15) is 0 Å². The highest BCUT2D eigenvalue weighted by Crippen LogP contribution is 2.33. The first-order valence-corrected chi connectivity index (χ1v) is 6.06. The molecule has 2 heteroatoms. The Kier molecular flexibility index (Phi) is 2.92.